The number of esters is 1. The Morgan fingerprint density at radius 1 is 1.50 bits per heavy atom. The minimum absolute atomic E-state index is 0.155. The highest BCUT2D eigenvalue weighted by Gasteiger charge is 2.09. The molecule has 0 bridgehead atoms. The van der Waals surface area contributed by atoms with Crippen molar-refractivity contribution in [2.24, 2.45) is 0 Å². The van der Waals surface area contributed by atoms with Crippen molar-refractivity contribution in [3.8, 4) is 0 Å². The lowest BCUT2D eigenvalue weighted by molar-refractivity contribution is -0.139. The third kappa shape index (κ3) is 3.23. The number of anilines is 1. The van der Waals surface area contributed by atoms with Crippen LogP contribution in [-0.4, -0.2) is 25.5 Å². The molecule has 1 aromatic rings. The number of ether oxygens (including phenoxy) is 1. The molecule has 0 unspecified atom stereocenters. The van der Waals surface area contributed by atoms with E-state index >= 15 is 0 Å². The first kappa shape index (κ1) is 12.5. The van der Waals surface area contributed by atoms with E-state index in [1.807, 2.05) is 0 Å². The van der Waals surface area contributed by atoms with Gasteiger partial charge in [0.1, 0.15) is 6.54 Å². The van der Waals surface area contributed by atoms with Gasteiger partial charge in [0.15, 0.2) is 0 Å². The summed E-state index contributed by atoms with van der Waals surface area (Å²) in [7, 11) is 1.26. The number of nitrogens with two attached hydrogens (primary N) is 1. The summed E-state index contributed by atoms with van der Waals surface area (Å²) in [6.07, 6.45) is 0. The van der Waals surface area contributed by atoms with Gasteiger partial charge in [-0.1, -0.05) is 0 Å². The van der Waals surface area contributed by atoms with E-state index in [1.54, 1.807) is 18.2 Å². The van der Waals surface area contributed by atoms with Gasteiger partial charge in [0.2, 0.25) is 0 Å². The lowest BCUT2D eigenvalue weighted by Gasteiger charge is -2.05. The van der Waals surface area contributed by atoms with Crippen LogP contribution in [0, 0.1) is 0 Å². The van der Waals surface area contributed by atoms with E-state index in [0.29, 0.717) is 15.7 Å². The number of nitrogen functional groups attached to an aromatic ring is 1. The molecule has 0 atom stereocenters. The monoisotopic (exact) mass is 286 g/mol. The zero-order valence-electron chi connectivity index (χ0n) is 8.62. The van der Waals surface area contributed by atoms with Crippen LogP contribution in [0.15, 0.2) is 22.7 Å². The highest BCUT2D eigenvalue weighted by atomic mass is 79.9. The van der Waals surface area contributed by atoms with Crippen LogP contribution in [0.3, 0.4) is 0 Å². The molecule has 0 fully saturated rings. The van der Waals surface area contributed by atoms with Crippen molar-refractivity contribution < 1.29 is 14.3 Å². The summed E-state index contributed by atoms with van der Waals surface area (Å²) in [5.41, 5.74) is 6.55. The van der Waals surface area contributed by atoms with E-state index in [2.05, 4.69) is 26.0 Å². The highest BCUT2D eigenvalue weighted by Crippen LogP contribution is 2.20. The second-order valence-corrected chi connectivity index (χ2v) is 3.85. The highest BCUT2D eigenvalue weighted by molar-refractivity contribution is 9.10. The van der Waals surface area contributed by atoms with Crippen LogP contribution in [0.25, 0.3) is 0 Å². The number of amides is 1. The Morgan fingerprint density at radius 2 is 2.19 bits per heavy atom. The maximum absolute atomic E-state index is 11.5. The van der Waals surface area contributed by atoms with E-state index in [9.17, 15) is 9.59 Å². The summed E-state index contributed by atoms with van der Waals surface area (Å²) in [6, 6.07) is 4.77. The first-order chi connectivity index (χ1) is 7.54. The number of benzene rings is 1. The predicted octanol–water partition coefficient (Wildman–Crippen LogP) is 0.934. The molecule has 0 aliphatic carbocycles. The number of hydrogen-bond acceptors (Lipinski definition) is 4. The predicted molar refractivity (Wildman–Crippen MR) is 62.9 cm³/mol. The molecule has 5 nitrogen and oxygen atoms in total. The normalized spacial score (nSPS) is 9.62. The van der Waals surface area contributed by atoms with E-state index in [1.165, 1.54) is 7.11 Å². The van der Waals surface area contributed by atoms with Gasteiger partial charge in [0, 0.05) is 15.7 Å². The van der Waals surface area contributed by atoms with Crippen LogP contribution >= 0.6 is 15.9 Å². The molecule has 86 valence electrons. The van der Waals surface area contributed by atoms with Gasteiger partial charge in [-0.15, -0.1) is 0 Å². The molecular formula is C10H11BrN2O3. The largest absolute Gasteiger partial charge is 0.468 e. The minimum atomic E-state index is -0.497. The number of nitrogens with one attached hydrogen (secondary N) is 1. The Bertz CT molecular complexity index is 421. The van der Waals surface area contributed by atoms with Crippen LogP contribution in [0.5, 0.6) is 0 Å². The van der Waals surface area contributed by atoms with E-state index in [4.69, 9.17) is 5.73 Å². The Hall–Kier alpha value is -1.56. The van der Waals surface area contributed by atoms with E-state index in [-0.39, 0.29) is 12.5 Å². The summed E-state index contributed by atoms with van der Waals surface area (Å²) >= 11 is 3.21. The van der Waals surface area contributed by atoms with Gasteiger partial charge in [-0.3, -0.25) is 9.59 Å². The topological polar surface area (TPSA) is 81.4 Å². The summed E-state index contributed by atoms with van der Waals surface area (Å²) in [6.45, 7) is -0.155. The number of hydrogen-bond donors (Lipinski definition) is 2. The van der Waals surface area contributed by atoms with E-state index in [0.717, 1.165) is 0 Å². The van der Waals surface area contributed by atoms with Crippen molar-refractivity contribution >= 4 is 33.5 Å². The van der Waals surface area contributed by atoms with Gasteiger partial charge < -0.3 is 15.8 Å². The van der Waals surface area contributed by atoms with Crippen molar-refractivity contribution in [3.05, 3.63) is 28.2 Å². The van der Waals surface area contributed by atoms with Crippen molar-refractivity contribution in [2.45, 2.75) is 0 Å². The summed E-state index contributed by atoms with van der Waals surface area (Å²) in [4.78, 5) is 22.4. The molecular weight excluding hydrogens is 276 g/mol. The number of methoxy groups -OCH3 is 1. The fourth-order valence-corrected chi connectivity index (χ4v) is 1.37. The average molecular weight is 287 g/mol. The van der Waals surface area contributed by atoms with E-state index < -0.39 is 5.97 Å². The Labute approximate surface area is 101 Å². The maximum Gasteiger partial charge on any atom is 0.325 e. The smallest absolute Gasteiger partial charge is 0.325 e. The van der Waals surface area contributed by atoms with Gasteiger partial charge in [-0.05, 0) is 34.1 Å². The zero-order valence-corrected chi connectivity index (χ0v) is 10.2. The molecule has 1 rings (SSSR count). The number of halogens is 1. The first-order valence-corrected chi connectivity index (χ1v) is 5.24. The Kier molecular flexibility index (Phi) is 4.30. The lowest BCUT2D eigenvalue weighted by atomic mass is 10.2. The third-order valence-corrected chi connectivity index (χ3v) is 2.57. The van der Waals surface area contributed by atoms with Gasteiger partial charge >= 0.3 is 5.97 Å². The molecule has 16 heavy (non-hydrogen) atoms. The van der Waals surface area contributed by atoms with Crippen LogP contribution < -0.4 is 11.1 Å². The van der Waals surface area contributed by atoms with Crippen molar-refractivity contribution in [1.82, 2.24) is 5.32 Å². The molecule has 1 amide bonds. The molecule has 6 heteroatoms. The third-order valence-electron chi connectivity index (χ3n) is 1.88. The van der Waals surface area contributed by atoms with Crippen LogP contribution in [0.2, 0.25) is 0 Å². The second-order valence-electron chi connectivity index (χ2n) is 3.00. The average Bonchev–Trinajstić information content (AvgIpc) is 2.29. The molecule has 0 aliphatic rings. The molecule has 0 aromatic heterocycles. The van der Waals surface area contributed by atoms with Crippen LogP contribution in [-0.2, 0) is 9.53 Å². The fraction of sp³-hybridized carbons (Fsp3) is 0.200. The second kappa shape index (κ2) is 5.50. The SMILES string of the molecule is COC(=O)CNC(=O)c1ccc(N)c(Br)c1. The Balaban J connectivity index is 2.66. The molecule has 3 N–H and O–H groups in total. The molecule has 0 aliphatic heterocycles. The molecule has 1 aromatic carbocycles. The van der Waals surface area contributed by atoms with Gasteiger partial charge in [-0.2, -0.15) is 0 Å². The van der Waals surface area contributed by atoms with Crippen LogP contribution in [0.1, 0.15) is 10.4 Å². The fourth-order valence-electron chi connectivity index (χ4n) is 0.995. The standard InChI is InChI=1S/C10H11BrN2O3/c1-16-9(14)5-13-10(15)6-2-3-8(12)7(11)4-6/h2-4H,5,12H2,1H3,(H,13,15). The van der Waals surface area contributed by atoms with Crippen molar-refractivity contribution in [1.29, 1.82) is 0 Å². The van der Waals surface area contributed by atoms with Crippen molar-refractivity contribution in [2.75, 3.05) is 19.4 Å². The lowest BCUT2D eigenvalue weighted by Crippen LogP contribution is -2.30. The molecule has 0 radical (unpaired) electrons. The van der Waals surface area contributed by atoms with Crippen molar-refractivity contribution in [3.63, 3.8) is 0 Å². The van der Waals surface area contributed by atoms with Gasteiger partial charge in [-0.25, -0.2) is 0 Å². The summed E-state index contributed by atoms with van der Waals surface area (Å²) in [5.74, 6) is -0.853. The number of rotatable bonds is 3. The molecule has 0 saturated heterocycles. The number of carbonyl (C=O) groups excluding carboxylic acids is 2. The maximum atomic E-state index is 11.5. The molecule has 0 spiro atoms. The van der Waals surface area contributed by atoms with Gasteiger partial charge in [0.25, 0.3) is 5.91 Å². The Morgan fingerprint density at radius 3 is 2.75 bits per heavy atom. The number of carbonyl (C=O) groups is 2. The van der Waals surface area contributed by atoms with Gasteiger partial charge in [0.05, 0.1) is 7.11 Å². The minimum Gasteiger partial charge on any atom is -0.468 e. The quantitative estimate of drug-likeness (QED) is 0.640. The molecule has 0 heterocycles. The summed E-state index contributed by atoms with van der Waals surface area (Å²) in [5, 5.41) is 2.42. The summed E-state index contributed by atoms with van der Waals surface area (Å²) < 4.78 is 5.03. The van der Waals surface area contributed by atoms with Crippen LogP contribution in [0.4, 0.5) is 5.69 Å². The zero-order chi connectivity index (χ0) is 12.1. The first-order valence-electron chi connectivity index (χ1n) is 4.44. The molecule has 0 saturated carbocycles.